The molecular weight excluding hydrogens is 152 g/mol. The van der Waals surface area contributed by atoms with E-state index in [0.717, 1.165) is 12.2 Å². The van der Waals surface area contributed by atoms with E-state index in [1.165, 1.54) is 0 Å². The van der Waals surface area contributed by atoms with Crippen LogP contribution < -0.4 is 0 Å². The molecule has 1 aliphatic rings. The summed E-state index contributed by atoms with van der Waals surface area (Å²) in [6.45, 7) is 1.62. The van der Waals surface area contributed by atoms with E-state index in [1.807, 2.05) is 12.2 Å². The van der Waals surface area contributed by atoms with Gasteiger partial charge in [-0.15, -0.1) is 0 Å². The molecule has 1 unspecified atom stereocenters. The number of ketones is 1. The third-order valence-electron chi connectivity index (χ3n) is 1.94. The summed E-state index contributed by atoms with van der Waals surface area (Å²) in [5.41, 5.74) is 0. The van der Waals surface area contributed by atoms with Crippen LogP contribution in [0, 0.1) is 5.92 Å². The zero-order chi connectivity index (χ0) is 8.97. The van der Waals surface area contributed by atoms with Crippen molar-refractivity contribution in [2.45, 2.75) is 19.8 Å². The molecule has 0 heterocycles. The quantitative estimate of drug-likeness (QED) is 0.641. The molecule has 0 bridgehead atoms. The number of hydrogen-bond acceptors (Lipinski definition) is 2. The Labute approximate surface area is 72.9 Å². The summed E-state index contributed by atoms with van der Waals surface area (Å²) in [6.07, 6.45) is 7.43. The lowest BCUT2D eigenvalue weighted by molar-refractivity contribution is -0.117. The van der Waals surface area contributed by atoms with Gasteiger partial charge in [-0.2, -0.15) is 0 Å². The second-order valence-electron chi connectivity index (χ2n) is 3.09. The normalized spacial score (nSPS) is 21.8. The van der Waals surface area contributed by atoms with Crippen molar-refractivity contribution in [3.05, 3.63) is 24.0 Å². The second kappa shape index (κ2) is 4.10. The first kappa shape index (κ1) is 9.04. The van der Waals surface area contributed by atoms with Gasteiger partial charge in [0.15, 0.2) is 0 Å². The maximum atomic E-state index is 10.8. The fraction of sp³-hybridized carbons (Fsp3) is 0.500. The lowest BCUT2D eigenvalue weighted by Crippen LogP contribution is -2.07. The molecule has 2 heteroatoms. The SMILES string of the molecule is COC1=CC=CC(CC(C)=O)C1. The molecule has 1 rings (SSSR count). The van der Waals surface area contributed by atoms with Crippen molar-refractivity contribution < 1.29 is 9.53 Å². The zero-order valence-corrected chi connectivity index (χ0v) is 7.54. The fourth-order valence-corrected chi connectivity index (χ4v) is 1.38. The molecule has 0 radical (unpaired) electrons. The minimum atomic E-state index is 0.238. The van der Waals surface area contributed by atoms with Gasteiger partial charge in [0, 0.05) is 12.8 Å². The topological polar surface area (TPSA) is 26.3 Å². The Kier molecular flexibility index (Phi) is 3.09. The van der Waals surface area contributed by atoms with Crippen molar-refractivity contribution >= 4 is 5.78 Å². The highest BCUT2D eigenvalue weighted by molar-refractivity contribution is 5.76. The van der Waals surface area contributed by atoms with E-state index in [-0.39, 0.29) is 5.78 Å². The molecule has 0 spiro atoms. The molecule has 0 amide bonds. The van der Waals surface area contributed by atoms with Crippen molar-refractivity contribution in [1.29, 1.82) is 0 Å². The molecule has 0 fully saturated rings. The molecule has 1 atom stereocenters. The summed E-state index contributed by atoms with van der Waals surface area (Å²) in [4.78, 5) is 10.8. The number of ether oxygens (including phenoxy) is 1. The molecule has 12 heavy (non-hydrogen) atoms. The van der Waals surface area contributed by atoms with E-state index in [2.05, 4.69) is 6.08 Å². The van der Waals surface area contributed by atoms with Crippen LogP contribution in [0.15, 0.2) is 24.0 Å². The second-order valence-corrected chi connectivity index (χ2v) is 3.09. The van der Waals surface area contributed by atoms with Crippen molar-refractivity contribution in [3.8, 4) is 0 Å². The Hall–Kier alpha value is -1.05. The summed E-state index contributed by atoms with van der Waals surface area (Å²) in [5.74, 6) is 1.54. The lowest BCUT2D eigenvalue weighted by Gasteiger charge is -2.15. The molecule has 0 saturated heterocycles. The van der Waals surface area contributed by atoms with Gasteiger partial charge in [0.1, 0.15) is 5.78 Å². The Morgan fingerprint density at radius 1 is 1.75 bits per heavy atom. The van der Waals surface area contributed by atoms with Crippen LogP contribution in [-0.2, 0) is 9.53 Å². The molecular formula is C10H14O2. The molecule has 0 N–H and O–H groups in total. The number of hydrogen-bond donors (Lipinski definition) is 0. The fourth-order valence-electron chi connectivity index (χ4n) is 1.38. The highest BCUT2D eigenvalue weighted by atomic mass is 16.5. The minimum absolute atomic E-state index is 0.238. The van der Waals surface area contributed by atoms with Gasteiger partial charge in [-0.05, 0) is 18.9 Å². The predicted molar refractivity (Wildman–Crippen MR) is 47.6 cm³/mol. The van der Waals surface area contributed by atoms with E-state index in [4.69, 9.17) is 4.74 Å². The van der Waals surface area contributed by atoms with Crippen LogP contribution in [-0.4, -0.2) is 12.9 Å². The van der Waals surface area contributed by atoms with Gasteiger partial charge in [0.25, 0.3) is 0 Å². The third-order valence-corrected chi connectivity index (χ3v) is 1.94. The van der Waals surface area contributed by atoms with Crippen molar-refractivity contribution in [1.82, 2.24) is 0 Å². The molecule has 1 aliphatic carbocycles. The molecule has 66 valence electrons. The number of carbonyl (C=O) groups excluding carboxylic acids is 1. The molecule has 0 saturated carbocycles. The largest absolute Gasteiger partial charge is 0.501 e. The lowest BCUT2D eigenvalue weighted by atomic mass is 9.94. The number of methoxy groups -OCH3 is 1. The van der Waals surface area contributed by atoms with Crippen LogP contribution in [0.1, 0.15) is 19.8 Å². The number of rotatable bonds is 3. The monoisotopic (exact) mass is 166 g/mol. The summed E-state index contributed by atoms with van der Waals surface area (Å²) >= 11 is 0. The summed E-state index contributed by atoms with van der Waals surface area (Å²) in [7, 11) is 1.66. The summed E-state index contributed by atoms with van der Waals surface area (Å²) in [6, 6.07) is 0. The molecule has 2 nitrogen and oxygen atoms in total. The van der Waals surface area contributed by atoms with Crippen molar-refractivity contribution in [2.75, 3.05) is 7.11 Å². The minimum Gasteiger partial charge on any atom is -0.501 e. The number of carbonyl (C=O) groups is 1. The Morgan fingerprint density at radius 3 is 3.08 bits per heavy atom. The van der Waals surface area contributed by atoms with E-state index < -0.39 is 0 Å². The Bertz CT molecular complexity index is 226. The van der Waals surface area contributed by atoms with Gasteiger partial charge in [-0.25, -0.2) is 0 Å². The van der Waals surface area contributed by atoms with Crippen LogP contribution in [0.3, 0.4) is 0 Å². The van der Waals surface area contributed by atoms with E-state index in [1.54, 1.807) is 14.0 Å². The smallest absolute Gasteiger partial charge is 0.130 e. The van der Waals surface area contributed by atoms with Gasteiger partial charge in [-0.3, -0.25) is 0 Å². The zero-order valence-electron chi connectivity index (χ0n) is 7.54. The van der Waals surface area contributed by atoms with Crippen LogP contribution in [0.4, 0.5) is 0 Å². The average Bonchev–Trinajstić information content (AvgIpc) is 2.03. The van der Waals surface area contributed by atoms with Crippen LogP contribution >= 0.6 is 0 Å². The average molecular weight is 166 g/mol. The van der Waals surface area contributed by atoms with Crippen molar-refractivity contribution in [2.24, 2.45) is 5.92 Å². The Balaban J connectivity index is 2.47. The van der Waals surface area contributed by atoms with Gasteiger partial charge >= 0.3 is 0 Å². The summed E-state index contributed by atoms with van der Waals surface area (Å²) in [5, 5.41) is 0. The maximum absolute atomic E-state index is 10.8. The van der Waals surface area contributed by atoms with E-state index in [0.29, 0.717) is 12.3 Å². The Morgan fingerprint density at radius 2 is 2.50 bits per heavy atom. The number of Topliss-reactive ketones (excluding diaryl/α,β-unsaturated/α-hetero) is 1. The van der Waals surface area contributed by atoms with E-state index >= 15 is 0 Å². The first-order chi connectivity index (χ1) is 5.72. The first-order valence-corrected chi connectivity index (χ1v) is 4.13. The van der Waals surface area contributed by atoms with Crippen LogP contribution in [0.25, 0.3) is 0 Å². The molecule has 0 aromatic rings. The van der Waals surface area contributed by atoms with Crippen LogP contribution in [0.2, 0.25) is 0 Å². The molecule has 0 aliphatic heterocycles. The van der Waals surface area contributed by atoms with Gasteiger partial charge in [-0.1, -0.05) is 12.2 Å². The van der Waals surface area contributed by atoms with Gasteiger partial charge < -0.3 is 9.53 Å². The maximum Gasteiger partial charge on any atom is 0.130 e. The van der Waals surface area contributed by atoms with E-state index in [9.17, 15) is 4.79 Å². The van der Waals surface area contributed by atoms with Crippen molar-refractivity contribution in [3.63, 3.8) is 0 Å². The third kappa shape index (κ3) is 2.53. The summed E-state index contributed by atoms with van der Waals surface area (Å²) < 4.78 is 5.10. The standard InChI is InChI=1S/C10H14O2/c1-8(11)6-9-4-3-5-10(7-9)12-2/h3-5,9H,6-7H2,1-2H3. The van der Waals surface area contributed by atoms with Crippen LogP contribution in [0.5, 0.6) is 0 Å². The number of allylic oxidation sites excluding steroid dienone is 4. The van der Waals surface area contributed by atoms with Gasteiger partial charge in [0.2, 0.25) is 0 Å². The van der Waals surface area contributed by atoms with Gasteiger partial charge in [0.05, 0.1) is 12.9 Å². The molecule has 0 aromatic heterocycles. The predicted octanol–water partition coefficient (Wildman–Crippen LogP) is 2.07. The highest BCUT2D eigenvalue weighted by Gasteiger charge is 2.13. The molecule has 0 aromatic carbocycles. The highest BCUT2D eigenvalue weighted by Crippen LogP contribution is 2.21. The first-order valence-electron chi connectivity index (χ1n) is 4.13.